The van der Waals surface area contributed by atoms with E-state index in [4.69, 9.17) is 11.6 Å². The highest BCUT2D eigenvalue weighted by Crippen LogP contribution is 2.17. The molecular weight excluding hydrogens is 280 g/mol. The molecule has 0 N–H and O–H groups in total. The van der Waals surface area contributed by atoms with E-state index in [0.717, 1.165) is 34.1 Å². The van der Waals surface area contributed by atoms with Gasteiger partial charge in [0.05, 0.1) is 17.2 Å². The number of halogens is 1. The van der Waals surface area contributed by atoms with Gasteiger partial charge in [0.2, 0.25) is 0 Å². The highest BCUT2D eigenvalue weighted by Gasteiger charge is 2.12. The molecular formula is C13H13ClN4S. The lowest BCUT2D eigenvalue weighted by atomic mass is 10.4. The third kappa shape index (κ3) is 2.48. The Kier molecular flexibility index (Phi) is 3.48. The Morgan fingerprint density at radius 1 is 1.37 bits per heavy atom. The summed E-state index contributed by atoms with van der Waals surface area (Å²) in [5.41, 5.74) is 2.85. The van der Waals surface area contributed by atoms with Crippen molar-refractivity contribution in [2.75, 3.05) is 5.88 Å². The largest absolute Gasteiger partial charge is 0.307 e. The van der Waals surface area contributed by atoms with Crippen LogP contribution in [0.15, 0.2) is 23.7 Å². The molecule has 3 aromatic heterocycles. The highest BCUT2D eigenvalue weighted by atomic mass is 35.5. The Balaban J connectivity index is 2.06. The van der Waals surface area contributed by atoms with Gasteiger partial charge in [0.25, 0.3) is 0 Å². The zero-order valence-electron chi connectivity index (χ0n) is 10.5. The molecule has 0 atom stereocenters. The van der Waals surface area contributed by atoms with Gasteiger partial charge < -0.3 is 4.57 Å². The van der Waals surface area contributed by atoms with Crippen LogP contribution >= 0.6 is 22.9 Å². The molecule has 0 unspecified atom stereocenters. The van der Waals surface area contributed by atoms with Crippen LogP contribution in [0.5, 0.6) is 0 Å². The average molecular weight is 293 g/mol. The van der Waals surface area contributed by atoms with Crippen LogP contribution in [0.3, 0.4) is 0 Å². The third-order valence-electron chi connectivity index (χ3n) is 2.89. The first kappa shape index (κ1) is 12.6. The molecule has 0 radical (unpaired) electrons. The van der Waals surface area contributed by atoms with Crippen molar-refractivity contribution in [3.63, 3.8) is 0 Å². The van der Waals surface area contributed by atoms with Gasteiger partial charge in [-0.25, -0.2) is 15.0 Å². The molecule has 19 heavy (non-hydrogen) atoms. The van der Waals surface area contributed by atoms with E-state index in [9.17, 15) is 0 Å². The zero-order chi connectivity index (χ0) is 13.2. The lowest BCUT2D eigenvalue weighted by Crippen LogP contribution is -2.07. The van der Waals surface area contributed by atoms with Gasteiger partial charge in [0.15, 0.2) is 5.65 Å². The van der Waals surface area contributed by atoms with Crippen LogP contribution in [-0.2, 0) is 13.0 Å². The van der Waals surface area contributed by atoms with Crippen LogP contribution in [-0.4, -0.2) is 25.4 Å². The van der Waals surface area contributed by atoms with Gasteiger partial charge in [-0.1, -0.05) is 0 Å². The number of thiazole rings is 1. The van der Waals surface area contributed by atoms with Gasteiger partial charge in [-0.15, -0.1) is 22.9 Å². The maximum absolute atomic E-state index is 5.86. The number of hydrogen-bond acceptors (Lipinski definition) is 4. The first-order chi connectivity index (χ1) is 9.28. The minimum absolute atomic E-state index is 0.555. The lowest BCUT2D eigenvalue weighted by Gasteiger charge is -2.05. The van der Waals surface area contributed by atoms with Crippen LogP contribution in [0.2, 0.25) is 0 Å². The lowest BCUT2D eigenvalue weighted by molar-refractivity contribution is 0.734. The second kappa shape index (κ2) is 5.27. The molecule has 0 saturated carbocycles. The summed E-state index contributed by atoms with van der Waals surface area (Å²) in [4.78, 5) is 13.5. The maximum atomic E-state index is 5.86. The molecule has 0 saturated heterocycles. The quantitative estimate of drug-likeness (QED) is 0.694. The van der Waals surface area contributed by atoms with Gasteiger partial charge >= 0.3 is 0 Å². The van der Waals surface area contributed by atoms with E-state index in [1.807, 2.05) is 19.1 Å². The molecule has 3 heterocycles. The van der Waals surface area contributed by atoms with Crippen molar-refractivity contribution < 1.29 is 0 Å². The molecule has 0 fully saturated rings. The van der Waals surface area contributed by atoms with Crippen LogP contribution in [0.25, 0.3) is 11.2 Å². The van der Waals surface area contributed by atoms with Gasteiger partial charge in [-0.3, -0.25) is 0 Å². The van der Waals surface area contributed by atoms with E-state index in [2.05, 4.69) is 24.9 Å². The van der Waals surface area contributed by atoms with Crippen molar-refractivity contribution in [1.82, 2.24) is 19.5 Å². The molecule has 3 rings (SSSR count). The van der Waals surface area contributed by atoms with E-state index >= 15 is 0 Å². The molecule has 0 aliphatic carbocycles. The second-order valence-corrected chi connectivity index (χ2v) is 5.70. The Morgan fingerprint density at radius 3 is 3.00 bits per heavy atom. The number of fused-ring (bicyclic) bond motifs is 1. The van der Waals surface area contributed by atoms with Crippen molar-refractivity contribution in [2.24, 2.45) is 0 Å². The van der Waals surface area contributed by atoms with Gasteiger partial charge in [-0.2, -0.15) is 0 Å². The number of alkyl halides is 1. The van der Waals surface area contributed by atoms with E-state index < -0.39 is 0 Å². The monoisotopic (exact) mass is 292 g/mol. The molecule has 98 valence electrons. The fraction of sp³-hybridized carbons (Fsp3) is 0.308. The minimum atomic E-state index is 0.555. The number of aromatic nitrogens is 4. The highest BCUT2D eigenvalue weighted by molar-refractivity contribution is 7.09. The van der Waals surface area contributed by atoms with E-state index in [-0.39, 0.29) is 0 Å². The van der Waals surface area contributed by atoms with Crippen molar-refractivity contribution in [3.8, 4) is 0 Å². The van der Waals surface area contributed by atoms with Crippen LogP contribution in [0.1, 0.15) is 16.5 Å². The number of pyridine rings is 1. The summed E-state index contributed by atoms with van der Waals surface area (Å²) in [7, 11) is 0. The fourth-order valence-corrected chi connectivity index (χ4v) is 2.86. The average Bonchev–Trinajstić information content (AvgIpc) is 2.96. The Bertz CT molecular complexity index is 704. The Hall–Kier alpha value is -1.46. The maximum Gasteiger partial charge on any atom is 0.160 e. The minimum Gasteiger partial charge on any atom is -0.307 e. The molecule has 0 aliphatic rings. The Morgan fingerprint density at radius 2 is 2.26 bits per heavy atom. The van der Waals surface area contributed by atoms with Crippen molar-refractivity contribution in [3.05, 3.63) is 40.2 Å². The smallest absolute Gasteiger partial charge is 0.160 e. The van der Waals surface area contributed by atoms with E-state index in [1.54, 1.807) is 17.5 Å². The number of imidazole rings is 1. The molecule has 0 spiro atoms. The molecule has 3 aromatic rings. The summed E-state index contributed by atoms with van der Waals surface area (Å²) in [6, 6.07) is 3.88. The number of aryl methyl sites for hydroxylation is 2. The number of hydrogen-bond donors (Lipinski definition) is 0. The number of rotatable bonds is 4. The number of nitrogens with zero attached hydrogens (tertiary/aromatic N) is 4. The van der Waals surface area contributed by atoms with Crippen molar-refractivity contribution in [1.29, 1.82) is 0 Å². The zero-order valence-corrected chi connectivity index (χ0v) is 12.1. The van der Waals surface area contributed by atoms with Gasteiger partial charge in [-0.05, 0) is 19.1 Å². The van der Waals surface area contributed by atoms with Crippen LogP contribution < -0.4 is 0 Å². The van der Waals surface area contributed by atoms with Gasteiger partial charge in [0.1, 0.15) is 11.3 Å². The summed E-state index contributed by atoms with van der Waals surface area (Å²) in [5.74, 6) is 1.52. The first-order valence-corrected chi connectivity index (χ1v) is 7.46. The topological polar surface area (TPSA) is 43.6 Å². The van der Waals surface area contributed by atoms with Crippen molar-refractivity contribution >= 4 is 34.1 Å². The third-order valence-corrected chi connectivity index (χ3v) is 3.90. The fourth-order valence-electron chi connectivity index (χ4n) is 2.09. The standard InChI is InChI=1S/C13H13ClN4S/c1-9-16-10(8-19-9)7-18-12(4-5-14)17-11-3-2-6-15-13(11)18/h2-3,6,8H,4-5,7H2,1H3. The Labute approximate surface area is 120 Å². The summed E-state index contributed by atoms with van der Waals surface area (Å²) >= 11 is 7.51. The summed E-state index contributed by atoms with van der Waals surface area (Å²) < 4.78 is 2.10. The molecule has 4 nitrogen and oxygen atoms in total. The normalized spacial score (nSPS) is 11.3. The summed E-state index contributed by atoms with van der Waals surface area (Å²) in [6.45, 7) is 2.71. The second-order valence-electron chi connectivity index (χ2n) is 4.26. The SMILES string of the molecule is Cc1nc(Cn2c(CCCl)nc3cccnc32)cs1. The van der Waals surface area contributed by atoms with Gasteiger partial charge in [0, 0.05) is 23.9 Å². The predicted octanol–water partition coefficient (Wildman–Crippen LogP) is 3.03. The predicted molar refractivity (Wildman–Crippen MR) is 77.9 cm³/mol. The first-order valence-electron chi connectivity index (χ1n) is 6.05. The molecule has 0 bridgehead atoms. The molecule has 0 aliphatic heterocycles. The van der Waals surface area contributed by atoms with Crippen LogP contribution in [0.4, 0.5) is 0 Å². The van der Waals surface area contributed by atoms with E-state index in [0.29, 0.717) is 12.4 Å². The van der Waals surface area contributed by atoms with Crippen molar-refractivity contribution in [2.45, 2.75) is 19.9 Å². The summed E-state index contributed by atoms with van der Waals surface area (Å²) in [6.07, 6.45) is 2.53. The summed E-state index contributed by atoms with van der Waals surface area (Å²) in [5, 5.41) is 3.15. The van der Waals surface area contributed by atoms with Crippen LogP contribution in [0, 0.1) is 6.92 Å². The molecule has 0 aromatic carbocycles. The molecule has 0 amide bonds. The van der Waals surface area contributed by atoms with E-state index in [1.165, 1.54) is 0 Å². The molecule has 6 heteroatoms.